The van der Waals surface area contributed by atoms with Crippen LogP contribution in [0.5, 0.6) is 0 Å². The molecule has 0 fully saturated rings. The van der Waals surface area contributed by atoms with Crippen LogP contribution in [0.3, 0.4) is 0 Å². The van der Waals surface area contributed by atoms with Gasteiger partial charge in [-0.25, -0.2) is 4.39 Å². The number of benzene rings is 3. The fraction of sp³-hybridized carbons (Fsp3) is 0.269. The Bertz CT molecular complexity index is 1170. The van der Waals surface area contributed by atoms with Gasteiger partial charge in [-0.05, 0) is 55.7 Å². The third-order valence-corrected chi connectivity index (χ3v) is 5.99. The average molecular weight is 448 g/mol. The zero-order chi connectivity index (χ0) is 23.5. The Morgan fingerprint density at radius 1 is 1.00 bits per heavy atom. The van der Waals surface area contributed by atoms with E-state index in [9.17, 15) is 18.8 Å². The second-order valence-electron chi connectivity index (χ2n) is 8.41. The van der Waals surface area contributed by atoms with Gasteiger partial charge in [-0.3, -0.25) is 19.3 Å². The molecular formula is C26H26FN3O3. The molecule has 1 aliphatic rings. The lowest BCUT2D eigenvalue weighted by atomic mass is 9.94. The van der Waals surface area contributed by atoms with E-state index >= 15 is 0 Å². The Hall–Kier alpha value is -3.58. The largest absolute Gasteiger partial charge is 0.354 e. The number of amides is 3. The van der Waals surface area contributed by atoms with E-state index in [-0.39, 0.29) is 42.5 Å². The van der Waals surface area contributed by atoms with Crippen molar-refractivity contribution in [1.82, 2.24) is 15.1 Å². The van der Waals surface area contributed by atoms with Gasteiger partial charge in [-0.15, -0.1) is 0 Å². The van der Waals surface area contributed by atoms with Crippen LogP contribution in [0, 0.1) is 5.82 Å². The highest BCUT2D eigenvalue weighted by Gasteiger charge is 2.32. The van der Waals surface area contributed by atoms with Crippen molar-refractivity contribution in [2.24, 2.45) is 0 Å². The molecule has 3 aromatic carbocycles. The highest BCUT2D eigenvalue weighted by atomic mass is 19.1. The molecule has 3 amide bonds. The van der Waals surface area contributed by atoms with Gasteiger partial charge >= 0.3 is 0 Å². The molecule has 0 saturated heterocycles. The van der Waals surface area contributed by atoms with E-state index in [4.69, 9.17) is 0 Å². The van der Waals surface area contributed by atoms with Gasteiger partial charge in [0.2, 0.25) is 5.91 Å². The van der Waals surface area contributed by atoms with Crippen molar-refractivity contribution in [2.45, 2.75) is 18.9 Å². The maximum Gasteiger partial charge on any atom is 0.261 e. The van der Waals surface area contributed by atoms with Gasteiger partial charge in [0, 0.05) is 36.0 Å². The standard InChI is InChI=1S/C26H26FN3O3/c1-29(2)22(18-9-3-10-19(27)15-18)16-28-23(31)13-6-14-30-25(32)20-11-4-7-17-8-5-12-21(24(17)20)26(30)33/h3-5,7-12,15,22H,6,13-14,16H2,1-2H3,(H,28,31). The van der Waals surface area contributed by atoms with Crippen molar-refractivity contribution >= 4 is 28.5 Å². The van der Waals surface area contributed by atoms with E-state index in [1.54, 1.807) is 30.3 Å². The molecule has 4 rings (SSSR count). The summed E-state index contributed by atoms with van der Waals surface area (Å²) in [4.78, 5) is 41.4. The first-order valence-corrected chi connectivity index (χ1v) is 10.9. The zero-order valence-corrected chi connectivity index (χ0v) is 18.7. The summed E-state index contributed by atoms with van der Waals surface area (Å²) in [5.41, 5.74) is 1.80. The summed E-state index contributed by atoms with van der Waals surface area (Å²) >= 11 is 0. The third kappa shape index (κ3) is 4.64. The van der Waals surface area contributed by atoms with Crippen LogP contribution in [-0.2, 0) is 4.79 Å². The molecule has 6 nitrogen and oxygen atoms in total. The number of hydrogen-bond donors (Lipinski definition) is 1. The Kier molecular flexibility index (Phi) is 6.51. The Balaban J connectivity index is 1.35. The van der Waals surface area contributed by atoms with Crippen LogP contribution in [0.1, 0.15) is 45.2 Å². The van der Waals surface area contributed by atoms with Gasteiger partial charge in [0.1, 0.15) is 5.82 Å². The summed E-state index contributed by atoms with van der Waals surface area (Å²) in [7, 11) is 3.74. The molecule has 3 aromatic rings. The van der Waals surface area contributed by atoms with Gasteiger partial charge in [-0.1, -0.05) is 36.4 Å². The van der Waals surface area contributed by atoms with E-state index in [0.717, 1.165) is 10.9 Å². The molecule has 0 bridgehead atoms. The smallest absolute Gasteiger partial charge is 0.261 e. The zero-order valence-electron chi connectivity index (χ0n) is 18.7. The number of halogens is 1. The number of carbonyl (C=O) groups is 3. The van der Waals surface area contributed by atoms with Gasteiger partial charge < -0.3 is 10.2 Å². The number of carbonyl (C=O) groups excluding carboxylic acids is 3. The molecular weight excluding hydrogens is 421 g/mol. The summed E-state index contributed by atoms with van der Waals surface area (Å²) in [6.45, 7) is 0.489. The Morgan fingerprint density at radius 3 is 2.24 bits per heavy atom. The fourth-order valence-corrected chi connectivity index (χ4v) is 4.29. The molecule has 1 unspecified atom stereocenters. The second-order valence-corrected chi connectivity index (χ2v) is 8.41. The topological polar surface area (TPSA) is 69.7 Å². The number of hydrogen-bond acceptors (Lipinski definition) is 4. The number of likely N-dealkylation sites (N-methyl/N-ethyl adjacent to an activating group) is 1. The van der Waals surface area contributed by atoms with Crippen molar-refractivity contribution in [3.63, 3.8) is 0 Å². The van der Waals surface area contributed by atoms with Crippen LogP contribution in [0.2, 0.25) is 0 Å². The highest BCUT2D eigenvalue weighted by Crippen LogP contribution is 2.30. The van der Waals surface area contributed by atoms with Crippen LogP contribution in [0.4, 0.5) is 4.39 Å². The Labute approximate surface area is 192 Å². The molecule has 0 radical (unpaired) electrons. The Morgan fingerprint density at radius 2 is 1.64 bits per heavy atom. The van der Waals surface area contributed by atoms with E-state index in [0.29, 0.717) is 29.5 Å². The molecule has 1 heterocycles. The average Bonchev–Trinajstić information content (AvgIpc) is 2.79. The third-order valence-electron chi connectivity index (χ3n) is 5.99. The summed E-state index contributed by atoms with van der Waals surface area (Å²) in [5.74, 6) is -1.16. The molecule has 1 aliphatic heterocycles. The number of imide groups is 1. The summed E-state index contributed by atoms with van der Waals surface area (Å²) < 4.78 is 13.6. The van der Waals surface area contributed by atoms with E-state index < -0.39 is 0 Å². The molecule has 1 N–H and O–H groups in total. The van der Waals surface area contributed by atoms with Crippen molar-refractivity contribution in [1.29, 1.82) is 0 Å². The van der Waals surface area contributed by atoms with Crippen molar-refractivity contribution in [3.8, 4) is 0 Å². The van der Waals surface area contributed by atoms with E-state index in [1.165, 1.54) is 17.0 Å². The molecule has 0 spiro atoms. The molecule has 0 saturated carbocycles. The maximum absolute atomic E-state index is 13.6. The van der Waals surface area contributed by atoms with Crippen LogP contribution < -0.4 is 5.32 Å². The first-order valence-electron chi connectivity index (χ1n) is 10.9. The van der Waals surface area contributed by atoms with Gasteiger partial charge in [0.25, 0.3) is 11.8 Å². The number of rotatable bonds is 8. The van der Waals surface area contributed by atoms with Gasteiger partial charge in [0.15, 0.2) is 0 Å². The number of nitrogens with one attached hydrogen (secondary N) is 1. The van der Waals surface area contributed by atoms with E-state index in [2.05, 4.69) is 5.32 Å². The van der Waals surface area contributed by atoms with E-state index in [1.807, 2.05) is 37.2 Å². The monoisotopic (exact) mass is 447 g/mol. The minimum Gasteiger partial charge on any atom is -0.354 e. The quantitative estimate of drug-likeness (QED) is 0.534. The van der Waals surface area contributed by atoms with Gasteiger partial charge in [-0.2, -0.15) is 0 Å². The summed E-state index contributed by atoms with van der Waals surface area (Å²) in [6, 6.07) is 17.0. The SMILES string of the molecule is CN(C)C(CNC(=O)CCCN1C(=O)c2cccc3cccc(c23)C1=O)c1cccc(F)c1. The first-order chi connectivity index (χ1) is 15.9. The second kappa shape index (κ2) is 9.50. The highest BCUT2D eigenvalue weighted by molar-refractivity contribution is 6.25. The predicted molar refractivity (Wildman–Crippen MR) is 124 cm³/mol. The lowest BCUT2D eigenvalue weighted by Crippen LogP contribution is -2.41. The first kappa shape index (κ1) is 22.6. The lowest BCUT2D eigenvalue weighted by molar-refractivity contribution is -0.121. The van der Waals surface area contributed by atoms with Crippen molar-refractivity contribution < 1.29 is 18.8 Å². The minimum absolute atomic E-state index is 0.164. The minimum atomic E-state index is -0.330. The molecule has 170 valence electrons. The normalized spacial score (nSPS) is 14.1. The van der Waals surface area contributed by atoms with Crippen molar-refractivity contribution in [3.05, 3.63) is 83.2 Å². The van der Waals surface area contributed by atoms with Crippen LogP contribution in [-0.4, -0.2) is 54.7 Å². The molecule has 0 aliphatic carbocycles. The van der Waals surface area contributed by atoms with Crippen LogP contribution in [0.25, 0.3) is 10.8 Å². The molecule has 7 heteroatoms. The predicted octanol–water partition coefficient (Wildman–Crippen LogP) is 3.77. The summed E-state index contributed by atoms with van der Waals surface area (Å²) in [5, 5.41) is 4.43. The van der Waals surface area contributed by atoms with Crippen molar-refractivity contribution in [2.75, 3.05) is 27.2 Å². The fourth-order valence-electron chi connectivity index (χ4n) is 4.29. The van der Waals surface area contributed by atoms with Gasteiger partial charge in [0.05, 0.1) is 6.04 Å². The van der Waals surface area contributed by atoms with Crippen LogP contribution >= 0.6 is 0 Å². The maximum atomic E-state index is 13.6. The molecule has 1 atom stereocenters. The summed E-state index contributed by atoms with van der Waals surface area (Å²) in [6.07, 6.45) is 0.528. The lowest BCUT2D eigenvalue weighted by Gasteiger charge is -2.27. The molecule has 33 heavy (non-hydrogen) atoms. The number of nitrogens with zero attached hydrogens (tertiary/aromatic N) is 2. The van der Waals surface area contributed by atoms with Crippen LogP contribution in [0.15, 0.2) is 60.7 Å². The molecule has 0 aromatic heterocycles.